The first kappa shape index (κ1) is 11.3. The number of hydrogen-bond donors (Lipinski definition) is 1. The third-order valence-electron chi connectivity index (χ3n) is 1.64. The Bertz CT molecular complexity index is 428. The van der Waals surface area contributed by atoms with Crippen LogP contribution in [0.3, 0.4) is 0 Å². The van der Waals surface area contributed by atoms with Gasteiger partial charge in [0.2, 0.25) is 0 Å². The van der Waals surface area contributed by atoms with Crippen molar-refractivity contribution in [1.82, 2.24) is 4.98 Å². The average molecular weight is 226 g/mol. The van der Waals surface area contributed by atoms with Crippen molar-refractivity contribution in [3.8, 4) is 12.3 Å². The van der Waals surface area contributed by atoms with Gasteiger partial charge in [-0.25, -0.2) is 4.98 Å². The maximum Gasteiger partial charge on any atom is 0.289 e. The van der Waals surface area contributed by atoms with E-state index in [0.717, 1.165) is 6.20 Å². The quantitative estimate of drug-likeness (QED) is 0.486. The summed E-state index contributed by atoms with van der Waals surface area (Å²) in [4.78, 5) is 13.6. The van der Waals surface area contributed by atoms with Crippen LogP contribution in [0.5, 0.6) is 0 Å². The van der Waals surface area contributed by atoms with Crippen molar-refractivity contribution in [1.29, 1.82) is 0 Å². The topological polar surface area (TPSA) is 68.1 Å². The maximum absolute atomic E-state index is 10.4. The molecule has 0 amide bonds. The second-order valence-electron chi connectivity index (χ2n) is 2.81. The van der Waals surface area contributed by atoms with E-state index in [1.54, 1.807) is 6.92 Å². The fourth-order valence-electron chi connectivity index (χ4n) is 0.881. The number of terminal acetylenes is 1. The number of anilines is 1. The Morgan fingerprint density at radius 1 is 1.80 bits per heavy atom. The third kappa shape index (κ3) is 2.82. The van der Waals surface area contributed by atoms with E-state index < -0.39 is 4.92 Å². The smallest absolute Gasteiger partial charge is 0.289 e. The van der Waals surface area contributed by atoms with E-state index in [4.69, 9.17) is 18.0 Å². The number of nitrogens with one attached hydrogen (secondary N) is 1. The minimum atomic E-state index is -0.562. The van der Waals surface area contributed by atoms with Gasteiger partial charge in [-0.3, -0.25) is 10.1 Å². The van der Waals surface area contributed by atoms with Gasteiger partial charge in [-0.2, -0.15) is 0 Å². The van der Waals surface area contributed by atoms with Crippen LogP contribution in [0.2, 0.25) is 5.02 Å². The molecular weight excluding hydrogens is 218 g/mol. The molecule has 15 heavy (non-hydrogen) atoms. The molecule has 1 aromatic rings. The van der Waals surface area contributed by atoms with Gasteiger partial charge in [0.05, 0.1) is 16.0 Å². The van der Waals surface area contributed by atoms with E-state index in [1.807, 2.05) is 0 Å². The highest BCUT2D eigenvalue weighted by Gasteiger charge is 2.11. The van der Waals surface area contributed by atoms with Crippen molar-refractivity contribution in [2.75, 3.05) is 5.32 Å². The Morgan fingerprint density at radius 2 is 2.47 bits per heavy atom. The highest BCUT2D eigenvalue weighted by atomic mass is 35.5. The molecule has 0 aliphatic rings. The normalized spacial score (nSPS) is 11.5. The van der Waals surface area contributed by atoms with E-state index in [0.29, 0.717) is 5.82 Å². The first-order valence-electron chi connectivity index (χ1n) is 4.07. The zero-order chi connectivity index (χ0) is 11.4. The van der Waals surface area contributed by atoms with E-state index in [2.05, 4.69) is 16.2 Å². The van der Waals surface area contributed by atoms with Crippen molar-refractivity contribution in [3.05, 3.63) is 27.4 Å². The molecule has 0 bridgehead atoms. The lowest BCUT2D eigenvalue weighted by atomic mass is 10.3. The summed E-state index contributed by atoms with van der Waals surface area (Å²) in [6.45, 7) is 1.75. The molecule has 1 aromatic heterocycles. The predicted octanol–water partition coefficient (Wildman–Crippen LogP) is 2.08. The molecule has 5 nitrogen and oxygen atoms in total. The molecule has 0 aromatic carbocycles. The fraction of sp³-hybridized carbons (Fsp3) is 0.222. The van der Waals surface area contributed by atoms with Gasteiger partial charge in [-0.1, -0.05) is 17.5 Å². The summed E-state index contributed by atoms with van der Waals surface area (Å²) in [6.07, 6.45) is 6.28. The molecule has 1 unspecified atom stereocenters. The molecule has 6 heteroatoms. The van der Waals surface area contributed by atoms with Gasteiger partial charge in [-0.15, -0.1) is 6.42 Å². The van der Waals surface area contributed by atoms with Gasteiger partial charge in [0.1, 0.15) is 12.0 Å². The Kier molecular flexibility index (Phi) is 3.47. The van der Waals surface area contributed by atoms with E-state index >= 15 is 0 Å². The van der Waals surface area contributed by atoms with E-state index in [9.17, 15) is 10.1 Å². The summed E-state index contributed by atoms with van der Waals surface area (Å²) < 4.78 is 0. The largest absolute Gasteiger partial charge is 0.355 e. The standard InChI is InChI=1S/C9H8ClN3O2/c1-3-6(2)12-9-8(10)4-7(5-11-9)13(14)15/h1,4-6H,2H3,(H,11,12). The summed E-state index contributed by atoms with van der Waals surface area (Å²) in [6, 6.07) is 0.983. The number of nitro groups is 1. The van der Waals surface area contributed by atoms with Crippen LogP contribution in [0.15, 0.2) is 12.3 Å². The van der Waals surface area contributed by atoms with Crippen molar-refractivity contribution < 1.29 is 4.92 Å². The summed E-state index contributed by atoms with van der Waals surface area (Å²) in [7, 11) is 0. The molecule has 1 heterocycles. The first-order valence-corrected chi connectivity index (χ1v) is 4.45. The lowest BCUT2D eigenvalue weighted by Crippen LogP contribution is -2.13. The van der Waals surface area contributed by atoms with Gasteiger partial charge < -0.3 is 5.32 Å². The zero-order valence-electron chi connectivity index (χ0n) is 7.90. The van der Waals surface area contributed by atoms with Crippen LogP contribution in [0.4, 0.5) is 11.5 Å². The molecule has 1 atom stereocenters. The monoisotopic (exact) mass is 225 g/mol. The number of rotatable bonds is 3. The van der Waals surface area contributed by atoms with Crippen LogP contribution < -0.4 is 5.32 Å². The minimum Gasteiger partial charge on any atom is -0.355 e. The molecule has 0 spiro atoms. The Hall–Kier alpha value is -1.80. The number of hydrogen-bond acceptors (Lipinski definition) is 4. The second kappa shape index (κ2) is 4.62. The molecule has 1 rings (SSSR count). The molecule has 0 saturated heterocycles. The fourth-order valence-corrected chi connectivity index (χ4v) is 1.10. The zero-order valence-corrected chi connectivity index (χ0v) is 8.65. The molecule has 0 saturated carbocycles. The van der Waals surface area contributed by atoms with Crippen molar-refractivity contribution in [2.24, 2.45) is 0 Å². The van der Waals surface area contributed by atoms with Crippen molar-refractivity contribution >= 4 is 23.1 Å². The van der Waals surface area contributed by atoms with Crippen LogP contribution in [0.1, 0.15) is 6.92 Å². The molecular formula is C9H8ClN3O2. The summed E-state index contributed by atoms with van der Waals surface area (Å²) in [5, 5.41) is 13.4. The lowest BCUT2D eigenvalue weighted by Gasteiger charge is -2.08. The van der Waals surface area contributed by atoms with Gasteiger partial charge in [0.25, 0.3) is 5.69 Å². The molecule has 78 valence electrons. The predicted molar refractivity (Wildman–Crippen MR) is 57.8 cm³/mol. The van der Waals surface area contributed by atoms with Crippen LogP contribution >= 0.6 is 11.6 Å². The highest BCUT2D eigenvalue weighted by Crippen LogP contribution is 2.24. The summed E-state index contributed by atoms with van der Waals surface area (Å²) in [5.74, 6) is 2.77. The Labute approximate surface area is 91.6 Å². The number of halogens is 1. The molecule has 1 N–H and O–H groups in total. The van der Waals surface area contributed by atoms with Gasteiger partial charge in [-0.05, 0) is 6.92 Å². The lowest BCUT2D eigenvalue weighted by molar-refractivity contribution is -0.385. The Balaban J connectivity index is 2.94. The highest BCUT2D eigenvalue weighted by molar-refractivity contribution is 6.33. The minimum absolute atomic E-state index is 0.154. The maximum atomic E-state index is 10.4. The molecule has 0 aliphatic heterocycles. The van der Waals surface area contributed by atoms with Crippen LogP contribution in [-0.2, 0) is 0 Å². The van der Waals surface area contributed by atoms with E-state index in [1.165, 1.54) is 6.07 Å². The number of nitrogens with zero attached hydrogens (tertiary/aromatic N) is 2. The first-order chi connectivity index (χ1) is 7.04. The van der Waals surface area contributed by atoms with Crippen molar-refractivity contribution in [2.45, 2.75) is 13.0 Å². The van der Waals surface area contributed by atoms with E-state index in [-0.39, 0.29) is 16.8 Å². The van der Waals surface area contributed by atoms with Gasteiger partial charge in [0, 0.05) is 6.07 Å². The molecule has 0 aliphatic carbocycles. The average Bonchev–Trinajstić information content (AvgIpc) is 2.20. The van der Waals surface area contributed by atoms with Crippen molar-refractivity contribution in [3.63, 3.8) is 0 Å². The number of pyridine rings is 1. The third-order valence-corrected chi connectivity index (χ3v) is 1.93. The Morgan fingerprint density at radius 3 is 2.93 bits per heavy atom. The van der Waals surface area contributed by atoms with Gasteiger partial charge in [0.15, 0.2) is 0 Å². The van der Waals surface area contributed by atoms with Gasteiger partial charge >= 0.3 is 0 Å². The molecule has 0 fully saturated rings. The molecule has 0 radical (unpaired) electrons. The number of aromatic nitrogens is 1. The SMILES string of the molecule is C#CC(C)Nc1ncc([N+](=O)[O-])cc1Cl. The second-order valence-corrected chi connectivity index (χ2v) is 3.22. The van der Waals surface area contributed by atoms with Crippen LogP contribution in [0.25, 0.3) is 0 Å². The summed E-state index contributed by atoms with van der Waals surface area (Å²) >= 11 is 5.78. The summed E-state index contributed by atoms with van der Waals surface area (Å²) in [5.41, 5.74) is -0.154. The van der Waals surface area contributed by atoms with Crippen LogP contribution in [0, 0.1) is 22.5 Å². The van der Waals surface area contributed by atoms with Crippen LogP contribution in [-0.4, -0.2) is 15.9 Å².